The predicted octanol–water partition coefficient (Wildman–Crippen LogP) is 2.20. The molecule has 0 aliphatic rings. The number of carbonyl (C=O) groups excluding carboxylic acids is 2. The maximum absolute atomic E-state index is 11.9. The second-order valence-electron chi connectivity index (χ2n) is 6.87. The van der Waals surface area contributed by atoms with Crippen LogP contribution in [-0.2, 0) is 21.7 Å². The molecule has 0 aliphatic carbocycles. The van der Waals surface area contributed by atoms with Crippen LogP contribution in [0.15, 0.2) is 47.5 Å². The van der Waals surface area contributed by atoms with Crippen molar-refractivity contribution in [3.05, 3.63) is 59.2 Å². The van der Waals surface area contributed by atoms with Gasteiger partial charge in [-0.2, -0.15) is 0 Å². The van der Waals surface area contributed by atoms with Gasteiger partial charge in [-0.05, 0) is 42.2 Å². The summed E-state index contributed by atoms with van der Waals surface area (Å²) < 4.78 is 0. The zero-order chi connectivity index (χ0) is 20.0. The second kappa shape index (κ2) is 8.49. The molecule has 0 bridgehead atoms. The van der Waals surface area contributed by atoms with Crippen molar-refractivity contribution in [1.82, 2.24) is 10.2 Å². The van der Waals surface area contributed by atoms with E-state index in [1.54, 1.807) is 25.9 Å². The summed E-state index contributed by atoms with van der Waals surface area (Å²) in [7, 11) is 3.55. The molecule has 2 rings (SSSR count). The largest absolute Gasteiger partial charge is 0.370 e. The van der Waals surface area contributed by atoms with Crippen LogP contribution in [0.2, 0.25) is 0 Å². The van der Waals surface area contributed by atoms with E-state index in [1.807, 2.05) is 43.3 Å². The molecule has 0 saturated carbocycles. The van der Waals surface area contributed by atoms with Gasteiger partial charge in [0.05, 0.1) is 0 Å². The molecule has 1 atom stereocenters. The van der Waals surface area contributed by atoms with Crippen LogP contribution in [-0.4, -0.2) is 37.7 Å². The summed E-state index contributed by atoms with van der Waals surface area (Å²) in [6.45, 7) is 4.18. The summed E-state index contributed by atoms with van der Waals surface area (Å²) in [5.41, 5.74) is 9.65. The van der Waals surface area contributed by atoms with Crippen LogP contribution in [0.4, 0.5) is 0 Å². The van der Waals surface area contributed by atoms with Gasteiger partial charge in [0.25, 0.3) is 0 Å². The van der Waals surface area contributed by atoms with Crippen LogP contribution in [0.3, 0.4) is 0 Å². The molecule has 0 heterocycles. The number of aryl methyl sites for hydroxylation is 1. The fraction of sp³-hybridized carbons (Fsp3) is 0.286. The number of nitrogens with two attached hydrogens (primary N) is 1. The van der Waals surface area contributed by atoms with E-state index < -0.39 is 5.54 Å². The van der Waals surface area contributed by atoms with Crippen molar-refractivity contribution in [2.45, 2.75) is 25.9 Å². The van der Waals surface area contributed by atoms with E-state index in [0.29, 0.717) is 13.0 Å². The van der Waals surface area contributed by atoms with E-state index in [1.165, 1.54) is 0 Å². The summed E-state index contributed by atoms with van der Waals surface area (Å²) in [5.74, 6) is 0.279. The highest BCUT2D eigenvalue weighted by Gasteiger charge is 2.26. The van der Waals surface area contributed by atoms with Crippen molar-refractivity contribution in [2.24, 2.45) is 10.7 Å². The van der Waals surface area contributed by atoms with Gasteiger partial charge in [-0.1, -0.05) is 42.0 Å². The van der Waals surface area contributed by atoms with Crippen molar-refractivity contribution in [1.29, 1.82) is 0 Å². The lowest BCUT2D eigenvalue weighted by atomic mass is 9.89. The normalized spacial score (nSPS) is 13.6. The Morgan fingerprint density at radius 3 is 2.59 bits per heavy atom. The Morgan fingerprint density at radius 1 is 1.22 bits per heavy atom. The van der Waals surface area contributed by atoms with Gasteiger partial charge in [0.2, 0.25) is 6.41 Å². The van der Waals surface area contributed by atoms with Crippen molar-refractivity contribution in [3.8, 4) is 11.1 Å². The van der Waals surface area contributed by atoms with Crippen LogP contribution >= 0.6 is 0 Å². The number of rotatable bonds is 7. The number of nitrogens with zero attached hydrogens (tertiary/aromatic N) is 2. The monoisotopic (exact) mass is 366 g/mol. The van der Waals surface area contributed by atoms with Crippen LogP contribution in [0.5, 0.6) is 0 Å². The topological polar surface area (TPSA) is 87.8 Å². The summed E-state index contributed by atoms with van der Waals surface area (Å²) >= 11 is 0. The lowest BCUT2D eigenvalue weighted by Gasteiger charge is -2.23. The third-order valence-electron chi connectivity index (χ3n) is 4.43. The molecule has 27 heavy (non-hydrogen) atoms. The first-order chi connectivity index (χ1) is 12.8. The van der Waals surface area contributed by atoms with Gasteiger partial charge >= 0.3 is 0 Å². The molecule has 1 amide bonds. The van der Waals surface area contributed by atoms with Gasteiger partial charge in [-0.3, -0.25) is 4.79 Å². The Bertz CT molecular complexity index is 861. The van der Waals surface area contributed by atoms with Crippen molar-refractivity contribution < 1.29 is 9.59 Å². The van der Waals surface area contributed by atoms with E-state index in [2.05, 4.69) is 16.4 Å². The van der Waals surface area contributed by atoms with Gasteiger partial charge < -0.3 is 20.7 Å². The molecule has 2 aromatic carbocycles. The third-order valence-corrected chi connectivity index (χ3v) is 4.43. The molecule has 0 aliphatic heterocycles. The molecule has 0 saturated heterocycles. The molecular weight excluding hydrogens is 340 g/mol. The van der Waals surface area contributed by atoms with Gasteiger partial charge in [0, 0.05) is 20.6 Å². The van der Waals surface area contributed by atoms with Crippen LogP contribution < -0.4 is 11.1 Å². The first kappa shape index (κ1) is 20.2. The van der Waals surface area contributed by atoms with Gasteiger partial charge in [0.1, 0.15) is 5.54 Å². The summed E-state index contributed by atoms with van der Waals surface area (Å²) in [5, 5.41) is 2.71. The number of hydrogen-bond donors (Lipinski definition) is 2. The summed E-state index contributed by atoms with van der Waals surface area (Å²) in [6.07, 6.45) is 1.48. The maximum atomic E-state index is 11.9. The van der Waals surface area contributed by atoms with Crippen LogP contribution in [0.25, 0.3) is 11.1 Å². The molecule has 6 heteroatoms. The quantitative estimate of drug-likeness (QED) is 0.447. The molecule has 2 aromatic rings. The Kier molecular flexibility index (Phi) is 6.34. The van der Waals surface area contributed by atoms with E-state index >= 15 is 0 Å². The smallest absolute Gasteiger partial charge is 0.207 e. The average Bonchev–Trinajstić information content (AvgIpc) is 2.66. The number of aliphatic imine (C=N–C) groups is 1. The molecule has 6 nitrogen and oxygen atoms in total. The molecule has 0 aromatic heterocycles. The molecular formula is C21H26N4O2. The number of hydrogen-bond acceptors (Lipinski definition) is 3. The summed E-state index contributed by atoms with van der Waals surface area (Å²) in [4.78, 5) is 28.6. The minimum absolute atomic E-state index is 0.279. The van der Waals surface area contributed by atoms with Gasteiger partial charge in [-0.25, -0.2) is 4.99 Å². The highest BCUT2D eigenvalue weighted by atomic mass is 16.1. The molecule has 1 unspecified atom stereocenters. The molecule has 0 fully saturated rings. The fourth-order valence-electron chi connectivity index (χ4n) is 2.76. The van der Waals surface area contributed by atoms with E-state index in [4.69, 9.17) is 5.73 Å². The number of amides is 1. The minimum atomic E-state index is -1.09. The van der Waals surface area contributed by atoms with Crippen LogP contribution in [0, 0.1) is 6.92 Å². The standard InChI is InChI=1S/C21H26N4O2/c1-15-8-9-17(12-23-14-27)19(10-15)16-6-5-7-18(11-16)21(2,13-26)24-20(22)25(3)4/h5-11,13-14H,12H2,1-4H3,(H2,22,24)(H,23,27). The van der Waals surface area contributed by atoms with E-state index in [0.717, 1.165) is 34.1 Å². The van der Waals surface area contributed by atoms with Crippen molar-refractivity contribution in [2.75, 3.05) is 14.1 Å². The minimum Gasteiger partial charge on any atom is -0.370 e. The van der Waals surface area contributed by atoms with Crippen molar-refractivity contribution in [3.63, 3.8) is 0 Å². The fourth-order valence-corrected chi connectivity index (χ4v) is 2.76. The predicted molar refractivity (Wildman–Crippen MR) is 108 cm³/mol. The van der Waals surface area contributed by atoms with E-state index in [9.17, 15) is 9.59 Å². The Balaban J connectivity index is 2.55. The Morgan fingerprint density at radius 2 is 1.96 bits per heavy atom. The number of benzene rings is 2. The molecule has 3 N–H and O–H groups in total. The zero-order valence-corrected chi connectivity index (χ0v) is 16.2. The van der Waals surface area contributed by atoms with E-state index in [-0.39, 0.29) is 5.96 Å². The van der Waals surface area contributed by atoms with Gasteiger partial charge in [0.15, 0.2) is 12.2 Å². The summed E-state index contributed by atoms with van der Waals surface area (Å²) in [6, 6.07) is 13.8. The SMILES string of the molecule is Cc1ccc(CNC=O)c(-c2cccc(C(C)(C=O)N=C(N)N(C)C)c2)c1. The second-order valence-corrected chi connectivity index (χ2v) is 6.87. The highest BCUT2D eigenvalue weighted by Crippen LogP contribution is 2.30. The Hall–Kier alpha value is -3.15. The lowest BCUT2D eigenvalue weighted by Crippen LogP contribution is -2.35. The number of guanidine groups is 1. The molecule has 142 valence electrons. The first-order valence-electron chi connectivity index (χ1n) is 8.67. The molecule has 0 radical (unpaired) electrons. The number of carbonyl (C=O) groups is 2. The van der Waals surface area contributed by atoms with Crippen LogP contribution in [0.1, 0.15) is 23.6 Å². The third kappa shape index (κ3) is 4.73. The lowest BCUT2D eigenvalue weighted by molar-refractivity contribution is -0.112. The number of nitrogens with one attached hydrogen (secondary N) is 1. The Labute approximate surface area is 160 Å². The van der Waals surface area contributed by atoms with Gasteiger partial charge in [-0.15, -0.1) is 0 Å². The number of aldehydes is 1. The zero-order valence-electron chi connectivity index (χ0n) is 16.2. The molecule has 0 spiro atoms. The highest BCUT2D eigenvalue weighted by molar-refractivity contribution is 5.82. The van der Waals surface area contributed by atoms with Crippen molar-refractivity contribution >= 4 is 18.7 Å². The maximum Gasteiger partial charge on any atom is 0.207 e. The average molecular weight is 366 g/mol. The first-order valence-corrected chi connectivity index (χ1v) is 8.67.